The number of carbonyl (C=O) groups is 1. The van der Waals surface area contributed by atoms with E-state index >= 15 is 0 Å². The molecule has 0 aliphatic heterocycles. The summed E-state index contributed by atoms with van der Waals surface area (Å²) in [5, 5.41) is 0. The van der Waals surface area contributed by atoms with Crippen molar-refractivity contribution in [2.24, 2.45) is 0 Å². The molecule has 0 unspecified atom stereocenters. The molecule has 17 heavy (non-hydrogen) atoms. The Morgan fingerprint density at radius 2 is 1.94 bits per heavy atom. The summed E-state index contributed by atoms with van der Waals surface area (Å²) in [6.07, 6.45) is 6.94. The Morgan fingerprint density at radius 1 is 1.29 bits per heavy atom. The number of aromatic nitrogens is 2. The van der Waals surface area contributed by atoms with Crippen LogP contribution in [-0.2, 0) is 11.3 Å². The van der Waals surface area contributed by atoms with Gasteiger partial charge in [0.05, 0.1) is 6.33 Å². The predicted molar refractivity (Wildman–Crippen MR) is 68.6 cm³/mol. The van der Waals surface area contributed by atoms with Crippen LogP contribution in [0.25, 0.3) is 0 Å². The molecule has 0 atom stereocenters. The van der Waals surface area contributed by atoms with E-state index in [9.17, 15) is 4.79 Å². The van der Waals surface area contributed by atoms with Gasteiger partial charge >= 0.3 is 0 Å². The van der Waals surface area contributed by atoms with Crippen molar-refractivity contribution in [1.82, 2.24) is 14.5 Å². The van der Waals surface area contributed by atoms with Crippen molar-refractivity contribution < 1.29 is 4.79 Å². The molecule has 0 N–H and O–H groups in total. The second-order valence-corrected chi connectivity index (χ2v) is 4.89. The molecule has 0 saturated heterocycles. The van der Waals surface area contributed by atoms with E-state index in [1.165, 1.54) is 0 Å². The Morgan fingerprint density at radius 3 is 2.41 bits per heavy atom. The van der Waals surface area contributed by atoms with Gasteiger partial charge in [-0.25, -0.2) is 4.98 Å². The van der Waals surface area contributed by atoms with Crippen molar-refractivity contribution >= 4 is 5.91 Å². The summed E-state index contributed by atoms with van der Waals surface area (Å²) < 4.78 is 2.00. The highest BCUT2D eigenvalue weighted by molar-refractivity contribution is 5.76. The number of aryl methyl sites for hydroxylation is 1. The van der Waals surface area contributed by atoms with Gasteiger partial charge in [0.25, 0.3) is 0 Å². The van der Waals surface area contributed by atoms with Crippen molar-refractivity contribution in [2.45, 2.75) is 59.2 Å². The summed E-state index contributed by atoms with van der Waals surface area (Å²) in [5.41, 5.74) is 0. The van der Waals surface area contributed by atoms with Crippen molar-refractivity contribution in [1.29, 1.82) is 0 Å². The molecule has 0 aromatic carbocycles. The summed E-state index contributed by atoms with van der Waals surface area (Å²) in [4.78, 5) is 18.0. The van der Waals surface area contributed by atoms with Gasteiger partial charge in [0, 0.05) is 37.4 Å². The van der Waals surface area contributed by atoms with Crippen molar-refractivity contribution in [3.63, 3.8) is 0 Å². The molecule has 0 fully saturated rings. The first kappa shape index (κ1) is 13.7. The minimum atomic E-state index is 0.245. The first-order valence-electron chi connectivity index (χ1n) is 6.29. The maximum atomic E-state index is 12.1. The Hall–Kier alpha value is -1.32. The number of carbonyl (C=O) groups excluding carboxylic acids is 1. The van der Waals surface area contributed by atoms with Gasteiger partial charge in [-0.2, -0.15) is 0 Å². The van der Waals surface area contributed by atoms with Crippen LogP contribution in [0.15, 0.2) is 18.7 Å². The van der Waals surface area contributed by atoms with Gasteiger partial charge in [0.15, 0.2) is 0 Å². The second kappa shape index (κ2) is 6.42. The first-order valence-corrected chi connectivity index (χ1v) is 6.29. The number of hydrogen-bond donors (Lipinski definition) is 0. The Balaban J connectivity index is 2.37. The lowest BCUT2D eigenvalue weighted by Crippen LogP contribution is -2.42. The van der Waals surface area contributed by atoms with Gasteiger partial charge < -0.3 is 9.47 Å². The lowest BCUT2D eigenvalue weighted by atomic mass is 10.2. The van der Waals surface area contributed by atoms with Crippen LogP contribution in [0.5, 0.6) is 0 Å². The number of imidazole rings is 1. The molecule has 4 nitrogen and oxygen atoms in total. The van der Waals surface area contributed by atoms with E-state index in [0.717, 1.165) is 13.0 Å². The van der Waals surface area contributed by atoms with Gasteiger partial charge in [-0.05, 0) is 34.1 Å². The average molecular weight is 237 g/mol. The van der Waals surface area contributed by atoms with Crippen LogP contribution in [0.1, 0.15) is 40.5 Å². The Labute approximate surface area is 104 Å². The van der Waals surface area contributed by atoms with E-state index in [2.05, 4.69) is 32.7 Å². The normalized spacial score (nSPS) is 11.2. The number of rotatable bonds is 6. The number of amides is 1. The molecule has 0 radical (unpaired) electrons. The monoisotopic (exact) mass is 237 g/mol. The van der Waals surface area contributed by atoms with Crippen molar-refractivity contribution in [3.05, 3.63) is 18.7 Å². The van der Waals surface area contributed by atoms with E-state index in [1.54, 1.807) is 12.5 Å². The molecule has 4 heteroatoms. The molecular weight excluding hydrogens is 214 g/mol. The van der Waals surface area contributed by atoms with Crippen LogP contribution < -0.4 is 0 Å². The standard InChI is InChI=1S/C13H23N3O/c1-11(2)16(12(3)4)13(17)6-5-8-15-9-7-14-10-15/h7,9-12H,5-6,8H2,1-4H3. The van der Waals surface area contributed by atoms with E-state index in [0.29, 0.717) is 6.42 Å². The molecule has 1 aromatic heterocycles. The Bertz CT molecular complexity index is 322. The summed E-state index contributed by atoms with van der Waals surface area (Å²) in [7, 11) is 0. The molecule has 0 saturated carbocycles. The van der Waals surface area contributed by atoms with Gasteiger partial charge in [-0.1, -0.05) is 0 Å². The van der Waals surface area contributed by atoms with Crippen LogP contribution in [0.3, 0.4) is 0 Å². The molecule has 0 aliphatic rings. The molecule has 0 bridgehead atoms. The first-order chi connectivity index (χ1) is 8.02. The van der Waals surface area contributed by atoms with Gasteiger partial charge in [-0.15, -0.1) is 0 Å². The van der Waals surface area contributed by atoms with Crippen LogP contribution >= 0.6 is 0 Å². The lowest BCUT2D eigenvalue weighted by Gasteiger charge is -2.30. The fourth-order valence-electron chi connectivity index (χ4n) is 2.13. The maximum absolute atomic E-state index is 12.1. The molecule has 1 heterocycles. The maximum Gasteiger partial charge on any atom is 0.223 e. The van der Waals surface area contributed by atoms with Crippen LogP contribution in [0.2, 0.25) is 0 Å². The lowest BCUT2D eigenvalue weighted by molar-refractivity contribution is -0.134. The highest BCUT2D eigenvalue weighted by Crippen LogP contribution is 2.09. The molecule has 1 rings (SSSR count). The second-order valence-electron chi connectivity index (χ2n) is 4.89. The largest absolute Gasteiger partial charge is 0.338 e. The molecule has 96 valence electrons. The number of nitrogens with zero attached hydrogens (tertiary/aromatic N) is 3. The minimum Gasteiger partial charge on any atom is -0.338 e. The molecule has 1 amide bonds. The van der Waals surface area contributed by atoms with E-state index < -0.39 is 0 Å². The summed E-state index contributed by atoms with van der Waals surface area (Å²) >= 11 is 0. The van der Waals surface area contributed by atoms with Gasteiger partial charge in [-0.3, -0.25) is 4.79 Å². The zero-order chi connectivity index (χ0) is 12.8. The zero-order valence-corrected chi connectivity index (χ0v) is 11.3. The minimum absolute atomic E-state index is 0.245. The van der Waals surface area contributed by atoms with Crippen molar-refractivity contribution in [3.8, 4) is 0 Å². The molecule has 0 spiro atoms. The van der Waals surface area contributed by atoms with Crippen molar-refractivity contribution in [2.75, 3.05) is 0 Å². The summed E-state index contributed by atoms with van der Waals surface area (Å²) in [6.45, 7) is 9.11. The van der Waals surface area contributed by atoms with Gasteiger partial charge in [0.1, 0.15) is 0 Å². The highest BCUT2D eigenvalue weighted by atomic mass is 16.2. The average Bonchev–Trinajstić information content (AvgIpc) is 2.69. The fraction of sp³-hybridized carbons (Fsp3) is 0.692. The third-order valence-electron chi connectivity index (χ3n) is 2.77. The van der Waals surface area contributed by atoms with Crippen LogP contribution in [0, 0.1) is 0 Å². The Kier molecular flexibility index (Phi) is 5.19. The van der Waals surface area contributed by atoms with E-state index in [-0.39, 0.29) is 18.0 Å². The van der Waals surface area contributed by atoms with Gasteiger partial charge in [0.2, 0.25) is 5.91 Å². The van der Waals surface area contributed by atoms with E-state index in [4.69, 9.17) is 0 Å². The smallest absolute Gasteiger partial charge is 0.223 e. The topological polar surface area (TPSA) is 38.1 Å². The summed E-state index contributed by atoms with van der Waals surface area (Å²) in [6, 6.07) is 0.548. The molecular formula is C13H23N3O. The predicted octanol–water partition coefficient (Wildman–Crippen LogP) is 2.31. The quantitative estimate of drug-likeness (QED) is 0.761. The third-order valence-corrected chi connectivity index (χ3v) is 2.77. The molecule has 0 aliphatic carbocycles. The summed E-state index contributed by atoms with van der Waals surface area (Å²) in [5.74, 6) is 0.245. The third kappa shape index (κ3) is 4.21. The van der Waals surface area contributed by atoms with Crippen LogP contribution in [0.4, 0.5) is 0 Å². The SMILES string of the molecule is CC(C)N(C(=O)CCCn1ccnc1)C(C)C. The number of hydrogen-bond acceptors (Lipinski definition) is 2. The zero-order valence-electron chi connectivity index (χ0n) is 11.3. The molecule has 1 aromatic rings. The van der Waals surface area contributed by atoms with E-state index in [1.807, 2.05) is 15.7 Å². The highest BCUT2D eigenvalue weighted by Gasteiger charge is 2.19. The van der Waals surface area contributed by atoms with Crippen LogP contribution in [-0.4, -0.2) is 32.4 Å². The fourth-order valence-corrected chi connectivity index (χ4v) is 2.13.